The van der Waals surface area contributed by atoms with Crippen molar-refractivity contribution < 1.29 is 9.59 Å². The fourth-order valence-corrected chi connectivity index (χ4v) is 4.08. The lowest BCUT2D eigenvalue weighted by Crippen LogP contribution is -2.46. The molecule has 0 saturated carbocycles. The molecule has 0 bridgehead atoms. The molecule has 1 aliphatic heterocycles. The first-order valence-corrected chi connectivity index (χ1v) is 10.3. The average Bonchev–Trinajstić information content (AvgIpc) is 3.03. The Morgan fingerprint density at radius 3 is 2.30 bits per heavy atom. The van der Waals surface area contributed by atoms with Crippen LogP contribution in [0.5, 0.6) is 0 Å². The third-order valence-corrected chi connectivity index (χ3v) is 5.82. The van der Waals surface area contributed by atoms with Crippen LogP contribution >= 0.6 is 0 Å². The van der Waals surface area contributed by atoms with Crippen molar-refractivity contribution in [3.8, 4) is 0 Å². The van der Waals surface area contributed by atoms with Crippen LogP contribution in [0.1, 0.15) is 29.6 Å². The van der Waals surface area contributed by atoms with Crippen LogP contribution < -0.4 is 11.0 Å². The molecule has 1 fully saturated rings. The highest BCUT2D eigenvalue weighted by Gasteiger charge is 2.24. The molecule has 1 aliphatic rings. The van der Waals surface area contributed by atoms with Gasteiger partial charge in [-0.2, -0.15) is 0 Å². The van der Waals surface area contributed by atoms with E-state index in [2.05, 4.69) is 5.32 Å². The molecule has 0 aliphatic carbocycles. The Kier molecular flexibility index (Phi) is 5.70. The number of amides is 2. The molecule has 0 spiro atoms. The van der Waals surface area contributed by atoms with Crippen molar-refractivity contribution in [2.24, 2.45) is 7.05 Å². The third kappa shape index (κ3) is 4.01. The minimum atomic E-state index is -0.105. The van der Waals surface area contributed by atoms with Crippen LogP contribution in [-0.4, -0.2) is 45.0 Å². The van der Waals surface area contributed by atoms with Crippen LogP contribution in [-0.2, 0) is 18.4 Å². The molecule has 1 saturated heterocycles. The van der Waals surface area contributed by atoms with Gasteiger partial charge in [-0.15, -0.1) is 0 Å². The van der Waals surface area contributed by atoms with E-state index in [1.807, 2.05) is 47.4 Å². The fourth-order valence-electron chi connectivity index (χ4n) is 4.08. The van der Waals surface area contributed by atoms with Gasteiger partial charge in [-0.05, 0) is 37.1 Å². The zero-order valence-corrected chi connectivity index (χ0v) is 17.1. The first-order chi connectivity index (χ1) is 14.5. The number of nitrogens with one attached hydrogen (secondary N) is 1. The molecule has 1 N–H and O–H groups in total. The minimum absolute atomic E-state index is 0.0441. The number of nitrogens with zero attached hydrogens (tertiary/aromatic N) is 3. The van der Waals surface area contributed by atoms with Crippen molar-refractivity contribution in [1.29, 1.82) is 0 Å². The summed E-state index contributed by atoms with van der Waals surface area (Å²) >= 11 is 0. The summed E-state index contributed by atoms with van der Waals surface area (Å²) in [6.07, 6.45) is 1.76. The molecule has 0 radical (unpaired) electrons. The monoisotopic (exact) mass is 406 g/mol. The normalized spacial score (nSPS) is 14.8. The molecule has 3 aromatic rings. The van der Waals surface area contributed by atoms with Crippen molar-refractivity contribution in [3.05, 3.63) is 70.6 Å². The summed E-state index contributed by atoms with van der Waals surface area (Å²) in [5.41, 5.74) is 2.26. The van der Waals surface area contributed by atoms with Gasteiger partial charge in [-0.1, -0.05) is 30.3 Å². The lowest BCUT2D eigenvalue weighted by atomic mass is 10.0. The van der Waals surface area contributed by atoms with Crippen LogP contribution in [0, 0.1) is 0 Å². The molecule has 2 heterocycles. The number of hydrogen-bond acceptors (Lipinski definition) is 3. The van der Waals surface area contributed by atoms with E-state index < -0.39 is 0 Å². The van der Waals surface area contributed by atoms with Crippen molar-refractivity contribution >= 4 is 22.8 Å². The third-order valence-electron chi connectivity index (χ3n) is 5.82. The molecule has 2 amide bonds. The summed E-state index contributed by atoms with van der Waals surface area (Å²) in [6, 6.07) is 16.8. The smallest absolute Gasteiger partial charge is 0.328 e. The van der Waals surface area contributed by atoms with Gasteiger partial charge in [0.1, 0.15) is 0 Å². The molecule has 1 aromatic heterocycles. The van der Waals surface area contributed by atoms with Gasteiger partial charge >= 0.3 is 5.69 Å². The Bertz CT molecular complexity index is 1110. The maximum Gasteiger partial charge on any atom is 0.328 e. The number of likely N-dealkylation sites (tertiary alicyclic amines) is 1. The van der Waals surface area contributed by atoms with Crippen LogP contribution in [0.25, 0.3) is 11.0 Å². The van der Waals surface area contributed by atoms with Gasteiger partial charge in [0, 0.05) is 44.7 Å². The number of aromatic nitrogens is 2. The van der Waals surface area contributed by atoms with E-state index in [1.165, 1.54) is 0 Å². The van der Waals surface area contributed by atoms with Gasteiger partial charge in [0.25, 0.3) is 5.91 Å². The Morgan fingerprint density at radius 1 is 0.967 bits per heavy atom. The number of para-hydroxylation sites is 2. The number of imidazole rings is 1. The standard InChI is InChI=1S/C23H26N4O3/c1-25-19-9-5-6-10-20(19)27(23(25)30)16-13-21(28)26-14-11-18(12-15-26)24-22(29)17-7-3-2-4-8-17/h2-10,18H,11-16H2,1H3,(H,24,29). The molecule has 4 rings (SSSR count). The van der Waals surface area contributed by atoms with Gasteiger partial charge in [0.05, 0.1) is 11.0 Å². The number of fused-ring (bicyclic) bond motifs is 1. The maximum absolute atomic E-state index is 12.7. The summed E-state index contributed by atoms with van der Waals surface area (Å²) in [5, 5.41) is 3.06. The molecule has 156 valence electrons. The van der Waals surface area contributed by atoms with Gasteiger partial charge in [-0.3, -0.25) is 18.7 Å². The van der Waals surface area contributed by atoms with E-state index >= 15 is 0 Å². The lowest BCUT2D eigenvalue weighted by molar-refractivity contribution is -0.132. The van der Waals surface area contributed by atoms with Crippen molar-refractivity contribution in [1.82, 2.24) is 19.4 Å². The van der Waals surface area contributed by atoms with Crippen LogP contribution in [0.2, 0.25) is 0 Å². The number of rotatable bonds is 5. The summed E-state index contributed by atoms with van der Waals surface area (Å²) < 4.78 is 3.28. The maximum atomic E-state index is 12.7. The van der Waals surface area contributed by atoms with E-state index in [-0.39, 0.29) is 30.0 Å². The largest absolute Gasteiger partial charge is 0.349 e. The highest BCUT2D eigenvalue weighted by Crippen LogP contribution is 2.15. The number of hydrogen-bond donors (Lipinski definition) is 1. The first-order valence-electron chi connectivity index (χ1n) is 10.3. The van der Waals surface area contributed by atoms with E-state index in [1.54, 1.807) is 28.3 Å². The molecule has 7 nitrogen and oxygen atoms in total. The van der Waals surface area contributed by atoms with E-state index in [9.17, 15) is 14.4 Å². The predicted octanol–water partition coefficient (Wildman–Crippen LogP) is 2.15. The second kappa shape index (κ2) is 8.57. The summed E-state index contributed by atoms with van der Waals surface area (Å²) in [6.45, 7) is 1.59. The quantitative estimate of drug-likeness (QED) is 0.705. The Morgan fingerprint density at radius 2 is 1.60 bits per heavy atom. The van der Waals surface area contributed by atoms with Crippen molar-refractivity contribution in [2.75, 3.05) is 13.1 Å². The Hall–Kier alpha value is -3.35. The number of piperidine rings is 1. The molecular formula is C23H26N4O3. The van der Waals surface area contributed by atoms with Crippen molar-refractivity contribution in [3.63, 3.8) is 0 Å². The molecular weight excluding hydrogens is 380 g/mol. The molecule has 7 heteroatoms. The number of aryl methyl sites for hydroxylation is 2. The highest BCUT2D eigenvalue weighted by molar-refractivity contribution is 5.94. The Labute approximate surface area is 174 Å². The highest BCUT2D eigenvalue weighted by atomic mass is 16.2. The van der Waals surface area contributed by atoms with E-state index in [4.69, 9.17) is 0 Å². The predicted molar refractivity (Wildman–Crippen MR) is 115 cm³/mol. The second-order valence-corrected chi connectivity index (χ2v) is 7.73. The van der Waals surface area contributed by atoms with Gasteiger partial charge < -0.3 is 10.2 Å². The second-order valence-electron chi connectivity index (χ2n) is 7.73. The zero-order valence-electron chi connectivity index (χ0n) is 17.1. The van der Waals surface area contributed by atoms with Gasteiger partial charge in [0.15, 0.2) is 0 Å². The van der Waals surface area contributed by atoms with Crippen LogP contribution in [0.15, 0.2) is 59.4 Å². The lowest BCUT2D eigenvalue weighted by Gasteiger charge is -2.32. The molecule has 2 aromatic carbocycles. The summed E-state index contributed by atoms with van der Waals surface area (Å²) in [5.74, 6) is -0.0293. The van der Waals surface area contributed by atoms with Crippen molar-refractivity contribution in [2.45, 2.75) is 31.8 Å². The summed E-state index contributed by atoms with van der Waals surface area (Å²) in [4.78, 5) is 39.3. The molecule has 0 atom stereocenters. The van der Waals surface area contributed by atoms with Gasteiger partial charge in [0.2, 0.25) is 5.91 Å². The van der Waals surface area contributed by atoms with E-state index in [0.717, 1.165) is 23.9 Å². The van der Waals surface area contributed by atoms with Gasteiger partial charge in [-0.25, -0.2) is 4.79 Å². The topological polar surface area (TPSA) is 76.3 Å². The SMILES string of the molecule is Cn1c(=O)n(CCC(=O)N2CCC(NC(=O)c3ccccc3)CC2)c2ccccc21. The fraction of sp³-hybridized carbons (Fsp3) is 0.348. The zero-order chi connectivity index (χ0) is 21.1. The van der Waals surface area contributed by atoms with E-state index in [0.29, 0.717) is 25.2 Å². The van der Waals surface area contributed by atoms with Crippen LogP contribution in [0.3, 0.4) is 0 Å². The number of carbonyl (C=O) groups excluding carboxylic acids is 2. The van der Waals surface area contributed by atoms with Crippen LogP contribution in [0.4, 0.5) is 0 Å². The molecule has 0 unspecified atom stereocenters. The average molecular weight is 406 g/mol. The summed E-state index contributed by atoms with van der Waals surface area (Å²) in [7, 11) is 1.75. The number of carbonyl (C=O) groups is 2. The Balaban J connectivity index is 1.31. The minimum Gasteiger partial charge on any atom is -0.349 e. The first kappa shape index (κ1) is 19.9. The number of benzene rings is 2. The molecule has 30 heavy (non-hydrogen) atoms.